The minimum absolute atomic E-state index is 0.0350. The first-order chi connectivity index (χ1) is 13.3. The number of carbonyl (C=O) groups excluding carboxylic acids is 1. The van der Waals surface area contributed by atoms with Crippen LogP contribution < -0.4 is 10.6 Å². The Bertz CT molecular complexity index is 789. The first-order valence-electron chi connectivity index (χ1n) is 9.71. The molecule has 1 aliphatic rings. The van der Waals surface area contributed by atoms with Crippen molar-refractivity contribution in [1.29, 1.82) is 0 Å². The molecule has 1 saturated heterocycles. The second kappa shape index (κ2) is 8.71. The van der Waals surface area contributed by atoms with Crippen molar-refractivity contribution in [3.63, 3.8) is 0 Å². The molecule has 0 spiro atoms. The Morgan fingerprint density at radius 1 is 1.21 bits per heavy atom. The average molecular weight is 383 g/mol. The van der Waals surface area contributed by atoms with E-state index in [4.69, 9.17) is 4.74 Å². The van der Waals surface area contributed by atoms with Crippen LogP contribution in [0.3, 0.4) is 0 Å². The van der Waals surface area contributed by atoms with E-state index in [1.807, 2.05) is 51.1 Å². The van der Waals surface area contributed by atoms with E-state index in [2.05, 4.69) is 27.8 Å². The van der Waals surface area contributed by atoms with Crippen LogP contribution in [-0.2, 0) is 11.2 Å². The highest BCUT2D eigenvalue weighted by atomic mass is 16.6. The molecule has 3 rings (SSSR count). The Morgan fingerprint density at radius 2 is 1.96 bits per heavy atom. The second-order valence-corrected chi connectivity index (χ2v) is 8.26. The lowest BCUT2D eigenvalue weighted by molar-refractivity contribution is 0.0635. The van der Waals surface area contributed by atoms with Gasteiger partial charge in [-0.15, -0.1) is 0 Å². The minimum Gasteiger partial charge on any atom is -0.444 e. The fourth-order valence-electron chi connectivity index (χ4n) is 3.57. The largest absolute Gasteiger partial charge is 0.444 e. The van der Waals surface area contributed by atoms with E-state index < -0.39 is 17.8 Å². The third kappa shape index (κ3) is 5.53. The fraction of sp³-hybridized carbons (Fsp3) is 0.455. The molecule has 1 aromatic carbocycles. The molecule has 0 radical (unpaired) electrons. The van der Waals surface area contributed by atoms with Crippen LogP contribution in [0.15, 0.2) is 48.5 Å². The van der Waals surface area contributed by atoms with Gasteiger partial charge >= 0.3 is 6.09 Å². The maximum Gasteiger partial charge on any atom is 0.413 e. The summed E-state index contributed by atoms with van der Waals surface area (Å²) in [5, 5.41) is 16.4. The molecule has 6 nitrogen and oxygen atoms in total. The predicted octanol–water partition coefficient (Wildman–Crippen LogP) is 3.34. The Balaban J connectivity index is 1.82. The Kier molecular flexibility index (Phi) is 6.31. The van der Waals surface area contributed by atoms with Crippen molar-refractivity contribution >= 4 is 11.9 Å². The lowest BCUT2D eigenvalue weighted by Gasteiger charge is -2.26. The molecule has 28 heavy (non-hydrogen) atoms. The van der Waals surface area contributed by atoms with Crippen molar-refractivity contribution in [1.82, 2.24) is 10.3 Å². The summed E-state index contributed by atoms with van der Waals surface area (Å²) < 4.78 is 5.31. The monoisotopic (exact) mass is 383 g/mol. The summed E-state index contributed by atoms with van der Waals surface area (Å²) in [6.07, 6.45) is -0.176. The molecule has 3 atom stereocenters. The number of hydrogen-bond acceptors (Lipinski definition) is 5. The number of amides is 1. The molecule has 2 aromatic rings. The number of nitrogens with one attached hydrogen (secondary N) is 2. The quantitative estimate of drug-likeness (QED) is 0.738. The maximum atomic E-state index is 12.1. The number of carbonyl (C=O) groups is 1. The van der Waals surface area contributed by atoms with Crippen LogP contribution in [0.1, 0.15) is 37.9 Å². The standard InChI is InChI=1S/C22H29N3O3/c1-22(2,3)28-21(27)25-20-11-7-10-18(24-20)16(17-13-23-14-19(17)26)12-15-8-5-4-6-9-15/h4-11,16-17,19,23,26H,12-14H2,1-3H3,(H,24,25,27). The van der Waals surface area contributed by atoms with Crippen molar-refractivity contribution in [2.24, 2.45) is 5.92 Å². The Morgan fingerprint density at radius 3 is 2.61 bits per heavy atom. The molecule has 0 saturated carbocycles. The molecule has 0 aliphatic carbocycles. The Labute approximate surface area is 166 Å². The van der Waals surface area contributed by atoms with Crippen molar-refractivity contribution in [3.8, 4) is 0 Å². The fourth-order valence-corrected chi connectivity index (χ4v) is 3.57. The lowest BCUT2D eigenvalue weighted by atomic mass is 9.82. The van der Waals surface area contributed by atoms with Crippen molar-refractivity contribution < 1.29 is 14.6 Å². The minimum atomic E-state index is -0.572. The van der Waals surface area contributed by atoms with E-state index in [0.717, 1.165) is 18.7 Å². The lowest BCUT2D eigenvalue weighted by Crippen LogP contribution is -2.28. The highest BCUT2D eigenvalue weighted by molar-refractivity contribution is 5.83. The van der Waals surface area contributed by atoms with Gasteiger partial charge in [-0.3, -0.25) is 5.32 Å². The van der Waals surface area contributed by atoms with Crippen molar-refractivity contribution in [2.75, 3.05) is 18.4 Å². The third-order valence-electron chi connectivity index (χ3n) is 4.82. The molecule has 150 valence electrons. The number of anilines is 1. The number of aromatic nitrogens is 1. The summed E-state index contributed by atoms with van der Waals surface area (Å²) >= 11 is 0. The molecule has 1 aliphatic heterocycles. The summed E-state index contributed by atoms with van der Waals surface area (Å²) in [4.78, 5) is 16.8. The van der Waals surface area contributed by atoms with Gasteiger partial charge in [-0.1, -0.05) is 36.4 Å². The molecule has 0 bridgehead atoms. The van der Waals surface area contributed by atoms with Crippen LogP contribution in [0, 0.1) is 5.92 Å². The molecule has 1 fully saturated rings. The zero-order chi connectivity index (χ0) is 20.1. The second-order valence-electron chi connectivity index (χ2n) is 8.26. The van der Waals surface area contributed by atoms with E-state index in [9.17, 15) is 9.90 Å². The number of nitrogens with zero attached hydrogens (tertiary/aromatic N) is 1. The van der Waals surface area contributed by atoms with Gasteiger partial charge in [-0.05, 0) is 44.9 Å². The highest BCUT2D eigenvalue weighted by Crippen LogP contribution is 2.32. The van der Waals surface area contributed by atoms with E-state index in [-0.39, 0.29) is 11.8 Å². The number of aliphatic hydroxyl groups excluding tert-OH is 1. The summed E-state index contributed by atoms with van der Waals surface area (Å²) in [6, 6.07) is 15.8. The van der Waals surface area contributed by atoms with Crippen LogP contribution in [0.4, 0.5) is 10.6 Å². The van der Waals surface area contributed by atoms with Crippen LogP contribution in [-0.4, -0.2) is 41.0 Å². The molecule has 3 N–H and O–H groups in total. The van der Waals surface area contributed by atoms with Crippen LogP contribution in [0.2, 0.25) is 0 Å². The van der Waals surface area contributed by atoms with Gasteiger partial charge in [0.1, 0.15) is 11.4 Å². The van der Waals surface area contributed by atoms with Gasteiger partial charge in [-0.2, -0.15) is 0 Å². The number of aliphatic hydroxyl groups is 1. The smallest absolute Gasteiger partial charge is 0.413 e. The van der Waals surface area contributed by atoms with Gasteiger partial charge < -0.3 is 15.2 Å². The van der Waals surface area contributed by atoms with Gasteiger partial charge in [0, 0.05) is 30.6 Å². The first-order valence-corrected chi connectivity index (χ1v) is 9.71. The molecular formula is C22H29N3O3. The zero-order valence-electron chi connectivity index (χ0n) is 16.7. The summed E-state index contributed by atoms with van der Waals surface area (Å²) in [5.74, 6) is 0.544. The van der Waals surface area contributed by atoms with Crippen LogP contribution in [0.25, 0.3) is 0 Å². The summed E-state index contributed by atoms with van der Waals surface area (Å²) in [6.45, 7) is 6.79. The molecule has 1 amide bonds. The van der Waals surface area contributed by atoms with E-state index in [1.165, 1.54) is 5.56 Å². The Hall–Kier alpha value is -2.44. The normalized spacial score (nSPS) is 20.6. The van der Waals surface area contributed by atoms with Gasteiger partial charge in [-0.25, -0.2) is 9.78 Å². The zero-order valence-corrected chi connectivity index (χ0v) is 16.7. The van der Waals surface area contributed by atoms with Crippen LogP contribution >= 0.6 is 0 Å². The van der Waals surface area contributed by atoms with E-state index in [1.54, 1.807) is 6.07 Å². The van der Waals surface area contributed by atoms with E-state index in [0.29, 0.717) is 12.4 Å². The average Bonchev–Trinajstić information content (AvgIpc) is 3.05. The number of pyridine rings is 1. The number of rotatable bonds is 5. The number of benzene rings is 1. The topological polar surface area (TPSA) is 83.5 Å². The van der Waals surface area contributed by atoms with Gasteiger partial charge in [0.05, 0.1) is 6.10 Å². The SMILES string of the molecule is CC(C)(C)OC(=O)Nc1cccc(C(Cc2ccccc2)C2CNCC2O)n1. The third-order valence-corrected chi connectivity index (χ3v) is 4.82. The van der Waals surface area contributed by atoms with E-state index >= 15 is 0 Å². The molecular weight excluding hydrogens is 354 g/mol. The van der Waals surface area contributed by atoms with Crippen molar-refractivity contribution in [3.05, 3.63) is 59.8 Å². The first kappa shape index (κ1) is 20.3. The number of hydrogen-bond donors (Lipinski definition) is 3. The van der Waals surface area contributed by atoms with Crippen molar-refractivity contribution in [2.45, 2.75) is 44.8 Å². The summed E-state index contributed by atoms with van der Waals surface area (Å²) in [5.41, 5.74) is 1.47. The maximum absolute atomic E-state index is 12.1. The number of ether oxygens (including phenoxy) is 1. The molecule has 1 aromatic heterocycles. The van der Waals surface area contributed by atoms with Gasteiger partial charge in [0.2, 0.25) is 0 Å². The molecule has 6 heteroatoms. The van der Waals surface area contributed by atoms with Crippen LogP contribution in [0.5, 0.6) is 0 Å². The number of β-amino-alcohol motifs (C(OH)–C–C–N with tert-alkyl or cyclic N) is 1. The summed E-state index contributed by atoms with van der Waals surface area (Å²) in [7, 11) is 0. The molecule has 3 unspecified atom stereocenters. The van der Waals surface area contributed by atoms with Gasteiger partial charge in [0.15, 0.2) is 0 Å². The predicted molar refractivity (Wildman–Crippen MR) is 109 cm³/mol. The highest BCUT2D eigenvalue weighted by Gasteiger charge is 2.34. The van der Waals surface area contributed by atoms with Gasteiger partial charge in [0.25, 0.3) is 0 Å². The molecule has 2 heterocycles.